The van der Waals surface area contributed by atoms with Crippen molar-refractivity contribution in [2.45, 2.75) is 13.8 Å². The summed E-state index contributed by atoms with van der Waals surface area (Å²) >= 11 is 0. The first-order valence-corrected chi connectivity index (χ1v) is 9.66. The van der Waals surface area contributed by atoms with E-state index in [1.807, 2.05) is 19.9 Å². The van der Waals surface area contributed by atoms with Crippen LogP contribution in [0.4, 0.5) is 16.2 Å². The molecular weight excluding hydrogens is 412 g/mol. The SMILES string of the molecule is Cc1cc(C)cc(N2C(=O)NC(=O)/C(=C\c3cccn3-c3cccc([N+](=O)[O-])c3)C2=O)c1. The van der Waals surface area contributed by atoms with Gasteiger partial charge in [-0.15, -0.1) is 0 Å². The lowest BCUT2D eigenvalue weighted by atomic mass is 10.1. The number of nitrogens with zero attached hydrogens (tertiary/aromatic N) is 3. The number of nitro benzene ring substituents is 1. The molecule has 0 aliphatic carbocycles. The summed E-state index contributed by atoms with van der Waals surface area (Å²) < 4.78 is 1.61. The number of hydrogen-bond acceptors (Lipinski definition) is 5. The smallest absolute Gasteiger partial charge is 0.317 e. The number of rotatable bonds is 4. The zero-order valence-electron chi connectivity index (χ0n) is 17.2. The van der Waals surface area contributed by atoms with Crippen LogP contribution in [-0.2, 0) is 9.59 Å². The van der Waals surface area contributed by atoms with Crippen molar-refractivity contribution >= 4 is 35.3 Å². The second-order valence-electron chi connectivity index (χ2n) is 7.38. The Balaban J connectivity index is 1.76. The fourth-order valence-corrected chi connectivity index (χ4v) is 3.62. The molecule has 160 valence electrons. The summed E-state index contributed by atoms with van der Waals surface area (Å²) in [6, 6.07) is 13.8. The second-order valence-corrected chi connectivity index (χ2v) is 7.38. The molecule has 0 atom stereocenters. The zero-order valence-corrected chi connectivity index (χ0v) is 17.2. The van der Waals surface area contributed by atoms with Gasteiger partial charge in [-0.3, -0.25) is 25.0 Å². The number of non-ortho nitro benzene ring substituents is 1. The van der Waals surface area contributed by atoms with Crippen LogP contribution in [0, 0.1) is 24.0 Å². The summed E-state index contributed by atoms with van der Waals surface area (Å²) in [5.41, 5.74) is 2.70. The molecule has 0 radical (unpaired) electrons. The van der Waals surface area contributed by atoms with Crippen LogP contribution in [0.3, 0.4) is 0 Å². The molecule has 1 aromatic heterocycles. The second kappa shape index (κ2) is 7.95. The van der Waals surface area contributed by atoms with Crippen molar-refractivity contribution in [3.63, 3.8) is 0 Å². The number of imide groups is 2. The molecule has 1 N–H and O–H groups in total. The first-order chi connectivity index (χ1) is 15.2. The third-order valence-corrected chi connectivity index (χ3v) is 4.96. The van der Waals surface area contributed by atoms with E-state index in [4.69, 9.17) is 0 Å². The summed E-state index contributed by atoms with van der Waals surface area (Å²) in [7, 11) is 0. The van der Waals surface area contributed by atoms with E-state index in [2.05, 4.69) is 5.32 Å². The summed E-state index contributed by atoms with van der Waals surface area (Å²) in [5.74, 6) is -1.57. The number of urea groups is 1. The molecule has 4 rings (SSSR count). The van der Waals surface area contributed by atoms with E-state index < -0.39 is 22.8 Å². The minimum atomic E-state index is -0.823. The molecule has 1 aliphatic rings. The normalized spacial score (nSPS) is 15.2. The van der Waals surface area contributed by atoms with Gasteiger partial charge in [-0.2, -0.15) is 0 Å². The molecule has 1 saturated heterocycles. The Labute approximate surface area is 182 Å². The summed E-state index contributed by atoms with van der Waals surface area (Å²) in [6.07, 6.45) is 3.02. The Morgan fingerprint density at radius 1 is 0.938 bits per heavy atom. The first-order valence-electron chi connectivity index (χ1n) is 9.66. The van der Waals surface area contributed by atoms with Crippen LogP contribution in [0.15, 0.2) is 66.4 Å². The Morgan fingerprint density at radius 2 is 1.66 bits per heavy atom. The number of anilines is 1. The zero-order chi connectivity index (χ0) is 23.0. The van der Waals surface area contributed by atoms with Crippen LogP contribution in [0.5, 0.6) is 0 Å². The average molecular weight is 430 g/mol. The van der Waals surface area contributed by atoms with Gasteiger partial charge in [0.1, 0.15) is 5.57 Å². The lowest BCUT2D eigenvalue weighted by Gasteiger charge is -2.27. The van der Waals surface area contributed by atoms with Crippen molar-refractivity contribution in [3.05, 3.63) is 93.3 Å². The van der Waals surface area contributed by atoms with Gasteiger partial charge in [-0.1, -0.05) is 12.1 Å². The standard InChI is InChI=1S/C23H18N4O5/c1-14-9-15(2)11-19(10-14)26-22(29)20(21(28)24-23(26)30)13-17-7-4-8-25(17)16-5-3-6-18(12-16)27(31)32/h3-13H,1-2H3,(H,24,28,30)/b20-13+. The van der Waals surface area contributed by atoms with Crippen molar-refractivity contribution in [1.29, 1.82) is 0 Å². The largest absolute Gasteiger partial charge is 0.335 e. The monoisotopic (exact) mass is 430 g/mol. The van der Waals surface area contributed by atoms with Gasteiger partial charge in [0.05, 0.1) is 16.3 Å². The number of nitrogens with one attached hydrogen (secondary N) is 1. The number of carbonyl (C=O) groups is 3. The van der Waals surface area contributed by atoms with Crippen LogP contribution in [0.2, 0.25) is 0 Å². The number of nitro groups is 1. The molecule has 0 unspecified atom stereocenters. The number of barbiturate groups is 1. The van der Waals surface area contributed by atoms with Crippen molar-refractivity contribution in [2.75, 3.05) is 4.90 Å². The van der Waals surface area contributed by atoms with Crippen LogP contribution in [-0.4, -0.2) is 27.3 Å². The van der Waals surface area contributed by atoms with Crippen molar-refractivity contribution in [1.82, 2.24) is 9.88 Å². The Kier molecular flexibility index (Phi) is 5.15. The number of aryl methyl sites for hydroxylation is 2. The highest BCUT2D eigenvalue weighted by Crippen LogP contribution is 2.25. The number of hydrogen-bond donors (Lipinski definition) is 1. The Hall–Kier alpha value is -4.53. The molecule has 32 heavy (non-hydrogen) atoms. The van der Waals surface area contributed by atoms with Gasteiger partial charge in [0.2, 0.25) is 0 Å². The van der Waals surface area contributed by atoms with Gasteiger partial charge in [-0.05, 0) is 61.4 Å². The number of aromatic nitrogens is 1. The Morgan fingerprint density at radius 3 is 2.34 bits per heavy atom. The topological polar surface area (TPSA) is 115 Å². The maximum Gasteiger partial charge on any atom is 0.335 e. The highest BCUT2D eigenvalue weighted by Gasteiger charge is 2.37. The van der Waals surface area contributed by atoms with Gasteiger partial charge >= 0.3 is 6.03 Å². The third-order valence-electron chi connectivity index (χ3n) is 4.96. The van der Waals surface area contributed by atoms with Crippen molar-refractivity contribution < 1.29 is 19.3 Å². The predicted molar refractivity (Wildman–Crippen MR) is 117 cm³/mol. The van der Waals surface area contributed by atoms with Crippen LogP contribution in [0.1, 0.15) is 16.8 Å². The van der Waals surface area contributed by atoms with Gasteiger partial charge in [0.15, 0.2) is 0 Å². The summed E-state index contributed by atoms with van der Waals surface area (Å²) in [4.78, 5) is 49.6. The van der Waals surface area contributed by atoms with E-state index in [1.54, 1.807) is 47.2 Å². The van der Waals surface area contributed by atoms with E-state index in [0.717, 1.165) is 16.0 Å². The maximum atomic E-state index is 13.2. The lowest BCUT2D eigenvalue weighted by Crippen LogP contribution is -2.54. The summed E-state index contributed by atoms with van der Waals surface area (Å²) in [6.45, 7) is 3.69. The van der Waals surface area contributed by atoms with Crippen LogP contribution < -0.4 is 10.2 Å². The van der Waals surface area contributed by atoms with Crippen molar-refractivity contribution in [2.24, 2.45) is 0 Å². The van der Waals surface area contributed by atoms with Gasteiger partial charge in [0.25, 0.3) is 17.5 Å². The van der Waals surface area contributed by atoms with E-state index in [-0.39, 0.29) is 11.3 Å². The van der Waals surface area contributed by atoms with E-state index in [0.29, 0.717) is 17.1 Å². The quantitative estimate of drug-likeness (QED) is 0.294. The highest BCUT2D eigenvalue weighted by atomic mass is 16.6. The first kappa shape index (κ1) is 20.7. The molecule has 0 spiro atoms. The molecule has 9 nitrogen and oxygen atoms in total. The highest BCUT2D eigenvalue weighted by molar-refractivity contribution is 6.39. The van der Waals surface area contributed by atoms with E-state index in [1.165, 1.54) is 18.2 Å². The van der Waals surface area contributed by atoms with Gasteiger partial charge < -0.3 is 4.57 Å². The van der Waals surface area contributed by atoms with Gasteiger partial charge in [-0.25, -0.2) is 9.69 Å². The fourth-order valence-electron chi connectivity index (χ4n) is 3.62. The molecular formula is C23H18N4O5. The molecule has 1 aliphatic heterocycles. The minimum Gasteiger partial charge on any atom is -0.317 e. The number of benzene rings is 2. The molecule has 2 heterocycles. The minimum absolute atomic E-state index is 0.0899. The molecule has 1 fully saturated rings. The van der Waals surface area contributed by atoms with Crippen LogP contribution in [0.25, 0.3) is 11.8 Å². The Bertz CT molecular complexity index is 1300. The number of carbonyl (C=O) groups excluding carboxylic acids is 3. The summed E-state index contributed by atoms with van der Waals surface area (Å²) in [5, 5.41) is 13.3. The average Bonchev–Trinajstić information content (AvgIpc) is 3.18. The molecule has 2 aromatic carbocycles. The van der Waals surface area contributed by atoms with Gasteiger partial charge in [0, 0.05) is 24.0 Å². The molecule has 0 saturated carbocycles. The predicted octanol–water partition coefficient (Wildman–Crippen LogP) is 3.67. The molecule has 9 heteroatoms. The van der Waals surface area contributed by atoms with Crippen molar-refractivity contribution in [3.8, 4) is 5.69 Å². The maximum absolute atomic E-state index is 13.2. The molecule has 3 aromatic rings. The van der Waals surface area contributed by atoms with E-state index in [9.17, 15) is 24.5 Å². The molecule has 0 bridgehead atoms. The lowest BCUT2D eigenvalue weighted by molar-refractivity contribution is -0.384. The molecule has 4 amide bonds. The fraction of sp³-hybridized carbons (Fsp3) is 0.0870. The van der Waals surface area contributed by atoms with Crippen LogP contribution >= 0.6 is 0 Å². The third kappa shape index (κ3) is 3.79. The number of amides is 4. The van der Waals surface area contributed by atoms with E-state index >= 15 is 0 Å².